The van der Waals surface area contributed by atoms with Gasteiger partial charge in [-0.15, -0.1) is 3.97 Å². The SMILES string of the molecule is C[n+]1ccn(S(=O)(=O)N2CCc3ccc(Cl)cc3C2)c1.O=S(=O)(O)C(F)(F)F. The highest BCUT2D eigenvalue weighted by Gasteiger charge is 2.44. The molecule has 2 aromatic rings. The van der Waals surface area contributed by atoms with Crippen molar-refractivity contribution in [3.63, 3.8) is 0 Å². The molecule has 156 valence electrons. The van der Waals surface area contributed by atoms with Gasteiger partial charge < -0.3 is 0 Å². The highest BCUT2D eigenvalue weighted by Crippen LogP contribution is 2.24. The molecule has 0 radical (unpaired) electrons. The van der Waals surface area contributed by atoms with Gasteiger partial charge in [-0.05, 0) is 29.7 Å². The number of aryl methyl sites for hydroxylation is 1. The van der Waals surface area contributed by atoms with Gasteiger partial charge in [0.05, 0.1) is 7.05 Å². The molecule has 0 bridgehead atoms. The van der Waals surface area contributed by atoms with Crippen LogP contribution in [-0.4, -0.2) is 41.7 Å². The maximum Gasteiger partial charge on any atom is 0.522 e. The minimum absolute atomic E-state index is 0.361. The van der Waals surface area contributed by atoms with Gasteiger partial charge in [0, 0.05) is 18.1 Å². The number of alkyl halides is 3. The average Bonchev–Trinajstić information content (AvgIpc) is 3.00. The number of benzene rings is 1. The Bertz CT molecular complexity index is 1070. The van der Waals surface area contributed by atoms with E-state index in [9.17, 15) is 21.6 Å². The minimum Gasteiger partial charge on any atom is -0.279 e. The predicted octanol–water partition coefficient (Wildman–Crippen LogP) is 1.51. The van der Waals surface area contributed by atoms with E-state index >= 15 is 0 Å². The third kappa shape index (κ3) is 5.23. The summed E-state index contributed by atoms with van der Waals surface area (Å²) >= 11 is 5.98. The molecule has 0 fully saturated rings. The first-order valence-electron chi connectivity index (χ1n) is 7.57. The molecule has 28 heavy (non-hydrogen) atoms. The lowest BCUT2D eigenvalue weighted by Crippen LogP contribution is -2.39. The standard InChI is InChI=1S/C13H15ClN3O2S.CHF3O3S/c1-15-6-7-17(10-15)20(18,19)16-5-4-11-2-3-13(14)8-12(11)9-16;2-1(3,4)8(5,6)7/h2-3,6-8,10H,4-5,9H2,1H3;(H,5,6,7)/q+1;. The Kier molecular flexibility index (Phi) is 6.45. The fourth-order valence-electron chi connectivity index (χ4n) is 2.39. The lowest BCUT2D eigenvalue weighted by molar-refractivity contribution is -0.670. The second kappa shape index (κ2) is 7.99. The molecule has 0 saturated carbocycles. The zero-order valence-corrected chi connectivity index (χ0v) is 16.7. The maximum absolute atomic E-state index is 12.5. The number of aromatic nitrogens is 2. The molecule has 0 spiro atoms. The highest BCUT2D eigenvalue weighted by molar-refractivity contribution is 7.87. The second-order valence-corrected chi connectivity index (χ2v) is 9.52. The number of rotatable bonds is 2. The van der Waals surface area contributed by atoms with Crippen LogP contribution in [-0.2, 0) is 40.3 Å². The summed E-state index contributed by atoms with van der Waals surface area (Å²) in [6, 6.07) is 5.65. The van der Waals surface area contributed by atoms with E-state index in [1.54, 1.807) is 30.3 Å². The highest BCUT2D eigenvalue weighted by atomic mass is 35.5. The van der Waals surface area contributed by atoms with E-state index in [0.717, 1.165) is 5.56 Å². The molecular weight excluding hydrogens is 447 g/mol. The van der Waals surface area contributed by atoms with E-state index in [2.05, 4.69) is 0 Å². The van der Waals surface area contributed by atoms with Crippen LogP contribution >= 0.6 is 11.6 Å². The van der Waals surface area contributed by atoms with Crippen molar-refractivity contribution in [2.24, 2.45) is 7.05 Å². The predicted molar refractivity (Wildman–Crippen MR) is 93.1 cm³/mol. The van der Waals surface area contributed by atoms with Crippen LogP contribution in [0.15, 0.2) is 36.9 Å². The topological polar surface area (TPSA) is 101 Å². The summed E-state index contributed by atoms with van der Waals surface area (Å²) < 4.78 is 87.0. The number of nitrogens with zero attached hydrogens (tertiary/aromatic N) is 3. The molecule has 1 aromatic heterocycles. The van der Waals surface area contributed by atoms with Crippen LogP contribution in [0.1, 0.15) is 11.1 Å². The van der Waals surface area contributed by atoms with Gasteiger partial charge in [0.25, 0.3) is 6.33 Å². The third-order valence-corrected chi connectivity index (χ3v) is 6.31. The van der Waals surface area contributed by atoms with Crippen LogP contribution in [0.4, 0.5) is 13.2 Å². The summed E-state index contributed by atoms with van der Waals surface area (Å²) in [5.41, 5.74) is -3.39. The van der Waals surface area contributed by atoms with Crippen molar-refractivity contribution in [1.82, 2.24) is 8.28 Å². The van der Waals surface area contributed by atoms with Gasteiger partial charge >= 0.3 is 25.8 Å². The van der Waals surface area contributed by atoms with Gasteiger partial charge in [-0.3, -0.25) is 4.55 Å². The summed E-state index contributed by atoms with van der Waals surface area (Å²) in [4.78, 5) is 0. The van der Waals surface area contributed by atoms with Crippen molar-refractivity contribution in [2.45, 2.75) is 18.5 Å². The molecule has 8 nitrogen and oxygen atoms in total. The molecule has 14 heteroatoms. The molecule has 0 unspecified atom stereocenters. The van der Waals surface area contributed by atoms with Crippen molar-refractivity contribution < 1.29 is 39.1 Å². The Labute approximate surface area is 164 Å². The number of halogens is 4. The molecule has 0 amide bonds. The number of imidazole rings is 1. The number of fused-ring (bicyclic) bond motifs is 1. The van der Waals surface area contributed by atoms with Crippen molar-refractivity contribution in [3.8, 4) is 0 Å². The molecule has 1 aromatic carbocycles. The minimum atomic E-state index is -5.84. The molecule has 0 saturated heterocycles. The third-order valence-electron chi connectivity index (χ3n) is 3.78. The first-order chi connectivity index (χ1) is 12.7. The van der Waals surface area contributed by atoms with Gasteiger partial charge in [-0.1, -0.05) is 17.7 Å². The van der Waals surface area contributed by atoms with E-state index < -0.39 is 25.8 Å². The zero-order chi connectivity index (χ0) is 21.3. The van der Waals surface area contributed by atoms with E-state index in [1.807, 2.05) is 18.2 Å². The molecule has 3 rings (SSSR count). The van der Waals surface area contributed by atoms with E-state index in [0.29, 0.717) is 24.5 Å². The summed E-state index contributed by atoms with van der Waals surface area (Å²) in [7, 11) is -7.56. The van der Waals surface area contributed by atoms with E-state index in [4.69, 9.17) is 24.6 Å². The van der Waals surface area contributed by atoms with Crippen LogP contribution in [0.25, 0.3) is 0 Å². The van der Waals surface area contributed by atoms with Gasteiger partial charge in [-0.2, -0.15) is 34.3 Å². The molecular formula is C14H16ClF3N3O5S2+. The monoisotopic (exact) mass is 462 g/mol. The quantitative estimate of drug-likeness (QED) is 0.414. The van der Waals surface area contributed by atoms with Gasteiger partial charge in [0.2, 0.25) is 0 Å². The van der Waals surface area contributed by atoms with Crippen LogP contribution in [0, 0.1) is 0 Å². The molecule has 1 N–H and O–H groups in total. The average molecular weight is 463 g/mol. The first kappa shape index (κ1) is 22.6. The van der Waals surface area contributed by atoms with E-state index in [1.165, 1.54) is 13.8 Å². The number of hydrogen-bond acceptors (Lipinski definition) is 4. The summed E-state index contributed by atoms with van der Waals surface area (Å²) in [5, 5.41) is 0.635. The Balaban J connectivity index is 0.000000300. The molecule has 1 aliphatic heterocycles. The smallest absolute Gasteiger partial charge is 0.279 e. The van der Waals surface area contributed by atoms with Crippen LogP contribution in [0.2, 0.25) is 5.02 Å². The molecule has 2 heterocycles. The lowest BCUT2D eigenvalue weighted by Gasteiger charge is -2.26. The second-order valence-electron chi connectivity index (χ2n) is 5.83. The Morgan fingerprint density at radius 1 is 1.18 bits per heavy atom. The van der Waals surface area contributed by atoms with Crippen LogP contribution in [0.3, 0.4) is 0 Å². The van der Waals surface area contributed by atoms with Crippen molar-refractivity contribution in [1.29, 1.82) is 0 Å². The zero-order valence-electron chi connectivity index (χ0n) is 14.3. The Morgan fingerprint density at radius 3 is 2.29 bits per heavy atom. The fourth-order valence-corrected chi connectivity index (χ4v) is 3.96. The van der Waals surface area contributed by atoms with Crippen molar-refractivity contribution >= 4 is 31.9 Å². The van der Waals surface area contributed by atoms with Gasteiger partial charge in [-0.25, -0.2) is 4.57 Å². The lowest BCUT2D eigenvalue weighted by atomic mass is 10.0. The summed E-state index contributed by atoms with van der Waals surface area (Å²) in [6.45, 7) is 0.846. The van der Waals surface area contributed by atoms with Crippen molar-refractivity contribution in [3.05, 3.63) is 53.1 Å². The largest absolute Gasteiger partial charge is 0.522 e. The Morgan fingerprint density at radius 2 is 1.79 bits per heavy atom. The van der Waals surface area contributed by atoms with Gasteiger partial charge in [0.15, 0.2) is 0 Å². The molecule has 0 atom stereocenters. The first-order valence-corrected chi connectivity index (χ1v) is 10.8. The number of hydrogen-bond donors (Lipinski definition) is 1. The van der Waals surface area contributed by atoms with Crippen molar-refractivity contribution in [2.75, 3.05) is 6.54 Å². The van der Waals surface area contributed by atoms with Gasteiger partial charge in [0.1, 0.15) is 12.4 Å². The summed E-state index contributed by atoms with van der Waals surface area (Å²) in [5.74, 6) is 0. The maximum atomic E-state index is 12.5. The normalized spacial score (nSPS) is 15.5. The molecule has 1 aliphatic rings. The molecule has 0 aliphatic carbocycles. The summed E-state index contributed by atoms with van der Waals surface area (Å²) in [6.07, 6.45) is 5.50. The van der Waals surface area contributed by atoms with Crippen LogP contribution in [0.5, 0.6) is 0 Å². The van der Waals surface area contributed by atoms with E-state index in [-0.39, 0.29) is 0 Å². The van der Waals surface area contributed by atoms with Crippen LogP contribution < -0.4 is 4.57 Å². The Hall–Kier alpha value is -1.67. The fraction of sp³-hybridized carbons (Fsp3) is 0.357.